The normalized spacial score (nSPS) is 22.9. The van der Waals surface area contributed by atoms with Crippen LogP contribution in [0.5, 0.6) is 0 Å². The maximum Gasteiger partial charge on any atom is 0.0640 e. The summed E-state index contributed by atoms with van der Waals surface area (Å²) >= 11 is 2.02. The third-order valence-electron chi connectivity index (χ3n) is 3.08. The predicted octanol–water partition coefficient (Wildman–Crippen LogP) is 2.23. The minimum Gasteiger partial charge on any atom is -0.326 e. The quantitative estimate of drug-likeness (QED) is 0.876. The van der Waals surface area contributed by atoms with Gasteiger partial charge in [0.1, 0.15) is 0 Å². The van der Waals surface area contributed by atoms with Crippen molar-refractivity contribution in [3.05, 3.63) is 18.0 Å². The monoisotopic (exact) mass is 239 g/mol. The largest absolute Gasteiger partial charge is 0.326 e. The van der Waals surface area contributed by atoms with E-state index in [1.165, 1.54) is 18.6 Å². The molecule has 90 valence electrons. The predicted molar refractivity (Wildman–Crippen MR) is 69.8 cm³/mol. The molecule has 0 radical (unpaired) electrons. The van der Waals surface area contributed by atoms with E-state index in [0.29, 0.717) is 11.3 Å². The summed E-state index contributed by atoms with van der Waals surface area (Å²) in [6.07, 6.45) is 5.56. The number of nitrogens with zero attached hydrogens (tertiary/aromatic N) is 2. The highest BCUT2D eigenvalue weighted by atomic mass is 32.2. The van der Waals surface area contributed by atoms with Crippen LogP contribution in [0.4, 0.5) is 0 Å². The van der Waals surface area contributed by atoms with Crippen molar-refractivity contribution in [1.29, 1.82) is 0 Å². The summed E-state index contributed by atoms with van der Waals surface area (Å²) in [4.78, 5) is 0. The van der Waals surface area contributed by atoms with Gasteiger partial charge >= 0.3 is 0 Å². The molecule has 1 aromatic rings. The fourth-order valence-electron chi connectivity index (χ4n) is 2.09. The second-order valence-corrected chi connectivity index (χ2v) is 6.15. The first-order chi connectivity index (χ1) is 7.66. The van der Waals surface area contributed by atoms with E-state index in [1.54, 1.807) is 0 Å². The molecular formula is C12H21N3S. The van der Waals surface area contributed by atoms with Gasteiger partial charge in [-0.05, 0) is 38.5 Å². The van der Waals surface area contributed by atoms with Crippen molar-refractivity contribution in [1.82, 2.24) is 9.78 Å². The van der Waals surface area contributed by atoms with Gasteiger partial charge in [-0.3, -0.25) is 4.68 Å². The molecular weight excluding hydrogens is 218 g/mol. The fraction of sp³-hybridized carbons (Fsp3) is 0.750. The Kier molecular flexibility index (Phi) is 3.92. The highest BCUT2D eigenvalue weighted by Gasteiger charge is 2.23. The topological polar surface area (TPSA) is 43.8 Å². The summed E-state index contributed by atoms with van der Waals surface area (Å²) in [5, 5.41) is 5.19. The minimum absolute atomic E-state index is 0.267. The Morgan fingerprint density at radius 2 is 2.44 bits per heavy atom. The molecule has 2 rings (SSSR count). The van der Waals surface area contributed by atoms with Crippen LogP contribution in [0.2, 0.25) is 0 Å². The molecule has 2 atom stereocenters. The van der Waals surface area contributed by atoms with Gasteiger partial charge < -0.3 is 5.73 Å². The van der Waals surface area contributed by atoms with E-state index >= 15 is 0 Å². The van der Waals surface area contributed by atoms with Crippen molar-refractivity contribution in [2.45, 2.75) is 50.4 Å². The van der Waals surface area contributed by atoms with Crippen LogP contribution < -0.4 is 5.73 Å². The third kappa shape index (κ3) is 2.80. The Balaban J connectivity index is 1.92. The van der Waals surface area contributed by atoms with Gasteiger partial charge in [0.25, 0.3) is 0 Å². The molecule has 1 saturated heterocycles. The van der Waals surface area contributed by atoms with Gasteiger partial charge in [-0.25, -0.2) is 0 Å². The van der Waals surface area contributed by atoms with Crippen LogP contribution >= 0.6 is 11.8 Å². The first-order valence-electron chi connectivity index (χ1n) is 6.08. The van der Waals surface area contributed by atoms with Gasteiger partial charge in [-0.1, -0.05) is 0 Å². The average Bonchev–Trinajstić information content (AvgIpc) is 2.87. The Morgan fingerprint density at radius 3 is 3.00 bits per heavy atom. The first-order valence-corrected chi connectivity index (χ1v) is 7.13. The zero-order valence-corrected chi connectivity index (χ0v) is 10.9. The second kappa shape index (κ2) is 5.23. The summed E-state index contributed by atoms with van der Waals surface area (Å²) in [5.41, 5.74) is 7.36. The Labute approximate surface area is 102 Å². The number of rotatable bonds is 4. The van der Waals surface area contributed by atoms with Crippen LogP contribution in [0, 0.1) is 0 Å². The molecule has 0 amide bonds. The van der Waals surface area contributed by atoms with E-state index in [-0.39, 0.29) is 6.04 Å². The second-order valence-electron chi connectivity index (χ2n) is 4.80. The van der Waals surface area contributed by atoms with Crippen LogP contribution in [-0.4, -0.2) is 26.8 Å². The standard InChI is InChI=1S/C12H21N3S/c1-9(2)15-6-5-10(14-15)8-11(13)12-4-3-7-16-12/h5-6,9,11-12H,3-4,7-8,13H2,1-2H3. The number of nitrogens with two attached hydrogens (primary N) is 1. The van der Waals surface area contributed by atoms with E-state index in [2.05, 4.69) is 31.2 Å². The lowest BCUT2D eigenvalue weighted by atomic mass is 10.1. The number of aromatic nitrogens is 2. The summed E-state index contributed by atoms with van der Waals surface area (Å²) in [5.74, 6) is 1.28. The molecule has 1 aromatic heterocycles. The number of hydrogen-bond acceptors (Lipinski definition) is 3. The van der Waals surface area contributed by atoms with Gasteiger partial charge in [0, 0.05) is 30.0 Å². The first kappa shape index (κ1) is 12.0. The Bertz CT molecular complexity index is 329. The maximum absolute atomic E-state index is 6.23. The van der Waals surface area contributed by atoms with E-state index in [9.17, 15) is 0 Å². The zero-order chi connectivity index (χ0) is 11.5. The van der Waals surface area contributed by atoms with Crippen LogP contribution in [0.3, 0.4) is 0 Å². The fourth-order valence-corrected chi connectivity index (χ4v) is 3.40. The summed E-state index contributed by atoms with van der Waals surface area (Å²) in [7, 11) is 0. The van der Waals surface area contributed by atoms with Gasteiger partial charge in [-0.15, -0.1) is 0 Å². The zero-order valence-electron chi connectivity index (χ0n) is 10.1. The van der Waals surface area contributed by atoms with Crippen molar-refractivity contribution >= 4 is 11.8 Å². The minimum atomic E-state index is 0.267. The van der Waals surface area contributed by atoms with Crippen molar-refractivity contribution in [2.24, 2.45) is 5.73 Å². The van der Waals surface area contributed by atoms with Gasteiger partial charge in [0.2, 0.25) is 0 Å². The van der Waals surface area contributed by atoms with E-state index < -0.39 is 0 Å². The molecule has 0 spiro atoms. The highest BCUT2D eigenvalue weighted by Crippen LogP contribution is 2.29. The lowest BCUT2D eigenvalue weighted by Gasteiger charge is -2.16. The maximum atomic E-state index is 6.23. The lowest BCUT2D eigenvalue weighted by molar-refractivity contribution is 0.518. The molecule has 1 aliphatic rings. The molecule has 16 heavy (non-hydrogen) atoms. The number of hydrogen-bond donors (Lipinski definition) is 1. The van der Waals surface area contributed by atoms with E-state index in [0.717, 1.165) is 12.1 Å². The highest BCUT2D eigenvalue weighted by molar-refractivity contribution is 8.00. The summed E-state index contributed by atoms with van der Waals surface area (Å²) in [6.45, 7) is 4.28. The van der Waals surface area contributed by atoms with Crippen LogP contribution in [-0.2, 0) is 6.42 Å². The molecule has 2 heterocycles. The molecule has 0 bridgehead atoms. The SMILES string of the molecule is CC(C)n1ccc(CC(N)C2CCCS2)n1. The molecule has 1 aliphatic heterocycles. The Hall–Kier alpha value is -0.480. The van der Waals surface area contributed by atoms with Crippen LogP contribution in [0.1, 0.15) is 38.4 Å². The third-order valence-corrected chi connectivity index (χ3v) is 4.62. The van der Waals surface area contributed by atoms with Crippen molar-refractivity contribution < 1.29 is 0 Å². The molecule has 2 unspecified atom stereocenters. The van der Waals surface area contributed by atoms with Crippen LogP contribution in [0.25, 0.3) is 0 Å². The summed E-state index contributed by atoms with van der Waals surface area (Å²) < 4.78 is 2.00. The number of thioether (sulfide) groups is 1. The van der Waals surface area contributed by atoms with Gasteiger partial charge in [0.15, 0.2) is 0 Å². The summed E-state index contributed by atoms with van der Waals surface area (Å²) in [6, 6.07) is 2.80. The van der Waals surface area contributed by atoms with E-state index in [4.69, 9.17) is 5.73 Å². The lowest BCUT2D eigenvalue weighted by Crippen LogP contribution is -2.33. The van der Waals surface area contributed by atoms with Crippen molar-refractivity contribution in [2.75, 3.05) is 5.75 Å². The molecule has 3 nitrogen and oxygen atoms in total. The van der Waals surface area contributed by atoms with Crippen molar-refractivity contribution in [3.8, 4) is 0 Å². The molecule has 0 aliphatic carbocycles. The van der Waals surface area contributed by atoms with E-state index in [1.807, 2.05) is 16.4 Å². The molecule has 0 saturated carbocycles. The molecule has 2 N–H and O–H groups in total. The molecule has 0 aromatic carbocycles. The van der Waals surface area contributed by atoms with Gasteiger partial charge in [0.05, 0.1) is 5.69 Å². The molecule has 4 heteroatoms. The smallest absolute Gasteiger partial charge is 0.0640 e. The Morgan fingerprint density at radius 1 is 1.62 bits per heavy atom. The van der Waals surface area contributed by atoms with Crippen LogP contribution in [0.15, 0.2) is 12.3 Å². The van der Waals surface area contributed by atoms with Crippen molar-refractivity contribution in [3.63, 3.8) is 0 Å². The molecule has 1 fully saturated rings. The average molecular weight is 239 g/mol. The van der Waals surface area contributed by atoms with Gasteiger partial charge in [-0.2, -0.15) is 16.9 Å².